The van der Waals surface area contributed by atoms with E-state index in [9.17, 15) is 0 Å². The van der Waals surface area contributed by atoms with Gasteiger partial charge in [0.1, 0.15) is 12.0 Å². The van der Waals surface area contributed by atoms with Crippen LogP contribution >= 0.6 is 0 Å². The van der Waals surface area contributed by atoms with Crippen LogP contribution in [-0.4, -0.2) is 24.1 Å². The van der Waals surface area contributed by atoms with Crippen LogP contribution in [0.2, 0.25) is 0 Å². The van der Waals surface area contributed by atoms with Crippen LogP contribution in [0, 0.1) is 0 Å². The third-order valence-corrected chi connectivity index (χ3v) is 3.33. The van der Waals surface area contributed by atoms with Gasteiger partial charge in [-0.15, -0.1) is 0 Å². The Morgan fingerprint density at radius 2 is 1.88 bits per heavy atom. The molecule has 0 radical (unpaired) electrons. The standard InChI is InChI=1S/C12H15N3.C2H6/c1-9-14(2)13-12-8-7-10-5-3-4-6-11(10)15(9)12;1-2/h3-6,9H,7-8H2,1-2H3;1-2H3/t9-;/m0./s1. The zero-order chi connectivity index (χ0) is 12.4. The SMILES string of the molecule is CC.C[C@H]1N(C)N=C2CCc3ccccc3N21. The number of anilines is 1. The molecule has 2 aliphatic rings. The van der Waals surface area contributed by atoms with E-state index in [1.165, 1.54) is 17.1 Å². The van der Waals surface area contributed by atoms with E-state index in [0.717, 1.165) is 12.8 Å². The first-order valence-electron chi connectivity index (χ1n) is 6.45. The summed E-state index contributed by atoms with van der Waals surface area (Å²) in [5.74, 6) is 1.21. The van der Waals surface area contributed by atoms with E-state index in [2.05, 4.69) is 41.2 Å². The number of amidine groups is 1. The van der Waals surface area contributed by atoms with Crippen molar-refractivity contribution in [3.8, 4) is 0 Å². The maximum Gasteiger partial charge on any atom is 0.131 e. The van der Waals surface area contributed by atoms with Crippen LogP contribution in [0.5, 0.6) is 0 Å². The second-order valence-electron chi connectivity index (χ2n) is 4.22. The van der Waals surface area contributed by atoms with Gasteiger partial charge < -0.3 is 4.90 Å². The highest BCUT2D eigenvalue weighted by atomic mass is 15.6. The second-order valence-corrected chi connectivity index (χ2v) is 4.22. The molecule has 0 aliphatic carbocycles. The molecule has 1 aromatic rings. The Labute approximate surface area is 104 Å². The minimum absolute atomic E-state index is 0.349. The smallest absolute Gasteiger partial charge is 0.131 e. The van der Waals surface area contributed by atoms with Gasteiger partial charge in [-0.1, -0.05) is 32.0 Å². The van der Waals surface area contributed by atoms with Crippen molar-refractivity contribution < 1.29 is 0 Å². The van der Waals surface area contributed by atoms with Gasteiger partial charge in [-0.2, -0.15) is 5.10 Å². The van der Waals surface area contributed by atoms with Gasteiger partial charge in [0.2, 0.25) is 0 Å². The fourth-order valence-electron chi connectivity index (χ4n) is 2.41. The summed E-state index contributed by atoms with van der Waals surface area (Å²) in [7, 11) is 2.04. The number of benzene rings is 1. The summed E-state index contributed by atoms with van der Waals surface area (Å²) in [4.78, 5) is 2.35. The Bertz CT molecular complexity index is 425. The predicted molar refractivity (Wildman–Crippen MR) is 73.3 cm³/mol. The lowest BCUT2D eigenvalue weighted by atomic mass is 10.0. The van der Waals surface area contributed by atoms with Crippen molar-refractivity contribution in [3.05, 3.63) is 29.8 Å². The Morgan fingerprint density at radius 1 is 1.18 bits per heavy atom. The van der Waals surface area contributed by atoms with Crippen molar-refractivity contribution in [2.45, 2.75) is 39.8 Å². The number of fused-ring (bicyclic) bond motifs is 3. The van der Waals surface area contributed by atoms with Crippen LogP contribution in [0.1, 0.15) is 32.8 Å². The molecule has 0 bridgehead atoms. The Morgan fingerprint density at radius 3 is 2.65 bits per heavy atom. The van der Waals surface area contributed by atoms with Gasteiger partial charge >= 0.3 is 0 Å². The number of nitrogens with zero attached hydrogens (tertiary/aromatic N) is 3. The van der Waals surface area contributed by atoms with E-state index in [4.69, 9.17) is 0 Å². The van der Waals surface area contributed by atoms with E-state index >= 15 is 0 Å². The van der Waals surface area contributed by atoms with Crippen LogP contribution in [-0.2, 0) is 6.42 Å². The zero-order valence-electron chi connectivity index (χ0n) is 11.1. The summed E-state index contributed by atoms with van der Waals surface area (Å²) in [5.41, 5.74) is 2.78. The number of hydrogen-bond acceptors (Lipinski definition) is 3. The van der Waals surface area contributed by atoms with Crippen LogP contribution in [0.15, 0.2) is 29.4 Å². The first kappa shape index (κ1) is 12.0. The highest BCUT2D eigenvalue weighted by Crippen LogP contribution is 2.33. The minimum Gasteiger partial charge on any atom is -0.306 e. The average Bonchev–Trinajstić information content (AvgIpc) is 2.68. The zero-order valence-corrected chi connectivity index (χ0v) is 11.1. The summed E-state index contributed by atoms with van der Waals surface area (Å²) >= 11 is 0. The van der Waals surface area contributed by atoms with Crippen LogP contribution in [0.4, 0.5) is 5.69 Å². The lowest BCUT2D eigenvalue weighted by Crippen LogP contribution is -2.41. The quantitative estimate of drug-likeness (QED) is 0.683. The summed E-state index contributed by atoms with van der Waals surface area (Å²) in [5, 5.41) is 6.61. The van der Waals surface area contributed by atoms with Gasteiger partial charge in [0, 0.05) is 19.2 Å². The predicted octanol–water partition coefficient (Wildman–Crippen LogP) is 3.07. The lowest BCUT2D eigenvalue weighted by molar-refractivity contribution is 0.304. The van der Waals surface area contributed by atoms with Crippen molar-refractivity contribution in [2.24, 2.45) is 5.10 Å². The number of para-hydroxylation sites is 1. The molecule has 3 rings (SSSR count). The Hall–Kier alpha value is -1.51. The molecule has 0 unspecified atom stereocenters. The van der Waals surface area contributed by atoms with Gasteiger partial charge in [0.25, 0.3) is 0 Å². The molecule has 0 amide bonds. The number of aryl methyl sites for hydroxylation is 1. The molecule has 0 N–H and O–H groups in total. The Balaban J connectivity index is 0.000000514. The molecule has 92 valence electrons. The highest BCUT2D eigenvalue weighted by Gasteiger charge is 2.33. The maximum absolute atomic E-state index is 4.57. The molecule has 1 atom stereocenters. The third-order valence-electron chi connectivity index (χ3n) is 3.33. The topological polar surface area (TPSA) is 18.8 Å². The molecule has 1 aromatic carbocycles. The summed E-state index contributed by atoms with van der Waals surface area (Å²) in [6, 6.07) is 8.63. The molecular formula is C14H21N3. The molecule has 17 heavy (non-hydrogen) atoms. The fraction of sp³-hybridized carbons (Fsp3) is 0.500. The first-order valence-corrected chi connectivity index (χ1v) is 6.45. The van der Waals surface area contributed by atoms with Crippen molar-refractivity contribution in [1.29, 1.82) is 0 Å². The van der Waals surface area contributed by atoms with E-state index < -0.39 is 0 Å². The molecule has 0 saturated carbocycles. The van der Waals surface area contributed by atoms with E-state index in [1.54, 1.807) is 0 Å². The molecular weight excluding hydrogens is 210 g/mol. The molecule has 0 fully saturated rings. The average molecular weight is 231 g/mol. The van der Waals surface area contributed by atoms with Crippen LogP contribution in [0.3, 0.4) is 0 Å². The maximum atomic E-state index is 4.57. The van der Waals surface area contributed by atoms with Gasteiger partial charge in [-0.25, -0.2) is 0 Å². The molecule has 0 aromatic heterocycles. The van der Waals surface area contributed by atoms with Crippen molar-refractivity contribution in [1.82, 2.24) is 5.01 Å². The van der Waals surface area contributed by atoms with Crippen LogP contribution < -0.4 is 4.90 Å². The number of hydrogen-bond donors (Lipinski definition) is 0. The van der Waals surface area contributed by atoms with Gasteiger partial charge in [-0.05, 0) is 25.0 Å². The first-order chi connectivity index (χ1) is 8.27. The third kappa shape index (κ3) is 1.90. The largest absolute Gasteiger partial charge is 0.306 e. The summed E-state index contributed by atoms with van der Waals surface area (Å²) in [6.07, 6.45) is 2.53. The van der Waals surface area contributed by atoms with Crippen molar-refractivity contribution >= 4 is 11.5 Å². The van der Waals surface area contributed by atoms with Gasteiger partial charge in [0.05, 0.1) is 0 Å². The van der Waals surface area contributed by atoms with Gasteiger partial charge in [-0.3, -0.25) is 5.01 Å². The molecule has 2 heterocycles. The highest BCUT2D eigenvalue weighted by molar-refractivity contribution is 6.01. The molecule has 0 spiro atoms. The number of hydrazone groups is 1. The monoisotopic (exact) mass is 231 g/mol. The van der Waals surface area contributed by atoms with E-state index in [0.29, 0.717) is 6.17 Å². The van der Waals surface area contributed by atoms with E-state index in [-0.39, 0.29) is 0 Å². The normalized spacial score (nSPS) is 21.2. The fourth-order valence-corrected chi connectivity index (χ4v) is 2.41. The summed E-state index contributed by atoms with van der Waals surface area (Å²) in [6.45, 7) is 6.19. The minimum atomic E-state index is 0.349. The lowest BCUT2D eigenvalue weighted by Gasteiger charge is -2.32. The Kier molecular flexibility index (Phi) is 3.36. The molecule has 0 saturated heterocycles. The van der Waals surface area contributed by atoms with E-state index in [1.807, 2.05) is 25.9 Å². The number of rotatable bonds is 0. The van der Waals surface area contributed by atoms with Crippen molar-refractivity contribution in [3.63, 3.8) is 0 Å². The second kappa shape index (κ2) is 4.78. The molecule has 3 nitrogen and oxygen atoms in total. The van der Waals surface area contributed by atoms with Crippen LogP contribution in [0.25, 0.3) is 0 Å². The molecule has 2 aliphatic heterocycles. The summed E-state index contributed by atoms with van der Waals surface area (Å²) < 4.78 is 0. The molecule has 3 heteroatoms. The van der Waals surface area contributed by atoms with Gasteiger partial charge in [0.15, 0.2) is 0 Å². The van der Waals surface area contributed by atoms with Crippen molar-refractivity contribution in [2.75, 3.05) is 11.9 Å².